The Morgan fingerprint density at radius 3 is 2.12 bits per heavy atom. The van der Waals surface area contributed by atoms with Crippen LogP contribution < -0.4 is 16.0 Å². The number of amides is 2. The van der Waals surface area contributed by atoms with Gasteiger partial charge >= 0.3 is 6.03 Å². The fraction of sp³-hybridized carbons (Fsp3) is 0.148. The SMILES string of the molecule is CCCCc1ccc(NC(=O)Nc2cc(-c3ccnc(Nc4ccccc4)c3)ccn2)cc1. The number of unbranched alkanes of at least 4 members (excludes halogenated alkanes) is 1. The van der Waals surface area contributed by atoms with Crippen LogP contribution in [0.3, 0.4) is 0 Å². The number of pyridine rings is 2. The summed E-state index contributed by atoms with van der Waals surface area (Å²) in [6.07, 6.45) is 6.82. The Bertz CT molecular complexity index is 1190. The monoisotopic (exact) mass is 437 g/mol. The summed E-state index contributed by atoms with van der Waals surface area (Å²) in [5.41, 5.74) is 4.88. The Hall–Kier alpha value is -4.19. The number of urea groups is 1. The molecule has 2 aromatic carbocycles. The highest BCUT2D eigenvalue weighted by molar-refractivity contribution is 5.99. The third-order valence-corrected chi connectivity index (χ3v) is 5.17. The van der Waals surface area contributed by atoms with Crippen LogP contribution in [0, 0.1) is 0 Å². The lowest BCUT2D eigenvalue weighted by Gasteiger charge is -2.10. The van der Waals surface area contributed by atoms with Crippen molar-refractivity contribution in [2.45, 2.75) is 26.2 Å². The van der Waals surface area contributed by atoms with Crippen LogP contribution in [0.2, 0.25) is 0 Å². The van der Waals surface area contributed by atoms with Gasteiger partial charge in [-0.05, 0) is 78.1 Å². The van der Waals surface area contributed by atoms with E-state index in [1.165, 1.54) is 12.0 Å². The van der Waals surface area contributed by atoms with Crippen molar-refractivity contribution in [3.05, 3.63) is 96.8 Å². The number of rotatable bonds is 8. The first-order valence-corrected chi connectivity index (χ1v) is 11.1. The molecule has 4 rings (SSSR count). The van der Waals surface area contributed by atoms with Crippen LogP contribution in [0.25, 0.3) is 11.1 Å². The molecular formula is C27H27N5O. The standard InChI is InChI=1S/C27H27N5O/c1-2-3-7-20-10-12-24(13-11-20)31-27(33)32-26-19-22(15-17-29-26)21-14-16-28-25(18-21)30-23-8-5-4-6-9-23/h4-6,8-19H,2-3,7H2,1H3,(H,28,30)(H2,29,31,32,33). The molecule has 4 aromatic rings. The zero-order valence-electron chi connectivity index (χ0n) is 18.6. The van der Waals surface area contributed by atoms with Crippen molar-refractivity contribution in [1.82, 2.24) is 9.97 Å². The number of carbonyl (C=O) groups excluding carboxylic acids is 1. The minimum Gasteiger partial charge on any atom is -0.340 e. The van der Waals surface area contributed by atoms with Crippen LogP contribution in [-0.4, -0.2) is 16.0 Å². The lowest BCUT2D eigenvalue weighted by Crippen LogP contribution is -2.20. The van der Waals surface area contributed by atoms with Crippen LogP contribution in [0.4, 0.5) is 27.8 Å². The normalized spacial score (nSPS) is 10.5. The van der Waals surface area contributed by atoms with Gasteiger partial charge in [0.1, 0.15) is 11.6 Å². The van der Waals surface area contributed by atoms with E-state index in [2.05, 4.69) is 45.0 Å². The second kappa shape index (κ2) is 10.9. The quantitative estimate of drug-likeness (QED) is 0.281. The van der Waals surface area contributed by atoms with Crippen molar-refractivity contribution in [2.75, 3.05) is 16.0 Å². The molecule has 0 aliphatic rings. The Morgan fingerprint density at radius 1 is 0.758 bits per heavy atom. The molecule has 2 aromatic heterocycles. The summed E-state index contributed by atoms with van der Waals surface area (Å²) in [5.74, 6) is 1.21. The van der Waals surface area contributed by atoms with Gasteiger partial charge < -0.3 is 10.6 Å². The molecule has 0 bridgehead atoms. The molecule has 0 fully saturated rings. The molecule has 3 N–H and O–H groups in total. The lowest BCUT2D eigenvalue weighted by molar-refractivity contribution is 0.262. The van der Waals surface area contributed by atoms with E-state index in [4.69, 9.17) is 0 Å². The van der Waals surface area contributed by atoms with Crippen LogP contribution in [-0.2, 0) is 6.42 Å². The topological polar surface area (TPSA) is 78.9 Å². The molecule has 0 spiro atoms. The minimum absolute atomic E-state index is 0.331. The highest BCUT2D eigenvalue weighted by atomic mass is 16.2. The number of nitrogens with one attached hydrogen (secondary N) is 3. The van der Waals surface area contributed by atoms with Crippen molar-refractivity contribution in [2.24, 2.45) is 0 Å². The molecule has 2 amide bonds. The van der Waals surface area contributed by atoms with Crippen LogP contribution in [0.15, 0.2) is 91.3 Å². The molecular weight excluding hydrogens is 410 g/mol. The number of anilines is 4. The first-order chi connectivity index (χ1) is 16.2. The Balaban J connectivity index is 1.40. The van der Waals surface area contributed by atoms with E-state index in [0.717, 1.165) is 41.2 Å². The number of para-hydroxylation sites is 1. The zero-order valence-corrected chi connectivity index (χ0v) is 18.6. The number of hydrogen-bond acceptors (Lipinski definition) is 4. The van der Waals surface area contributed by atoms with E-state index in [1.54, 1.807) is 12.4 Å². The van der Waals surface area contributed by atoms with E-state index in [-0.39, 0.29) is 6.03 Å². The summed E-state index contributed by atoms with van der Waals surface area (Å²) in [6, 6.07) is 25.1. The molecule has 0 aliphatic heterocycles. The van der Waals surface area contributed by atoms with E-state index < -0.39 is 0 Å². The summed E-state index contributed by atoms with van der Waals surface area (Å²) >= 11 is 0. The van der Waals surface area contributed by atoms with Crippen molar-refractivity contribution in [1.29, 1.82) is 0 Å². The van der Waals surface area contributed by atoms with Crippen LogP contribution in [0.5, 0.6) is 0 Å². The van der Waals surface area contributed by atoms with Gasteiger partial charge in [0, 0.05) is 23.8 Å². The molecule has 0 saturated heterocycles. The predicted molar refractivity (Wildman–Crippen MR) is 135 cm³/mol. The molecule has 33 heavy (non-hydrogen) atoms. The van der Waals surface area contributed by atoms with E-state index in [0.29, 0.717) is 5.82 Å². The summed E-state index contributed by atoms with van der Waals surface area (Å²) in [4.78, 5) is 21.1. The third-order valence-electron chi connectivity index (χ3n) is 5.17. The average Bonchev–Trinajstić information content (AvgIpc) is 2.84. The van der Waals surface area contributed by atoms with Crippen molar-refractivity contribution >= 4 is 29.0 Å². The summed E-state index contributed by atoms with van der Waals surface area (Å²) in [5, 5.41) is 8.97. The third kappa shape index (κ3) is 6.40. The second-order valence-corrected chi connectivity index (χ2v) is 7.73. The summed E-state index contributed by atoms with van der Waals surface area (Å²) in [6.45, 7) is 2.18. The van der Waals surface area contributed by atoms with Gasteiger partial charge in [0.05, 0.1) is 0 Å². The van der Waals surface area contributed by atoms with Crippen molar-refractivity contribution in [3.8, 4) is 11.1 Å². The van der Waals surface area contributed by atoms with Gasteiger partial charge in [-0.3, -0.25) is 5.32 Å². The smallest absolute Gasteiger partial charge is 0.324 e. The Labute approximate surface area is 194 Å². The first-order valence-electron chi connectivity index (χ1n) is 11.1. The van der Waals surface area contributed by atoms with Gasteiger partial charge in [0.25, 0.3) is 0 Å². The van der Waals surface area contributed by atoms with Gasteiger partial charge in [0.2, 0.25) is 0 Å². The molecule has 6 heteroatoms. The molecule has 166 valence electrons. The highest BCUT2D eigenvalue weighted by Crippen LogP contribution is 2.24. The van der Waals surface area contributed by atoms with Gasteiger partial charge in [-0.2, -0.15) is 0 Å². The Morgan fingerprint density at radius 2 is 1.42 bits per heavy atom. The number of aryl methyl sites for hydroxylation is 1. The maximum absolute atomic E-state index is 12.5. The maximum Gasteiger partial charge on any atom is 0.324 e. The number of hydrogen-bond donors (Lipinski definition) is 3. The van der Waals surface area contributed by atoms with Gasteiger partial charge in [-0.15, -0.1) is 0 Å². The number of nitrogens with zero attached hydrogens (tertiary/aromatic N) is 2. The first kappa shape index (κ1) is 22.0. The van der Waals surface area contributed by atoms with E-state index in [9.17, 15) is 4.79 Å². The van der Waals surface area contributed by atoms with Crippen molar-refractivity contribution < 1.29 is 4.79 Å². The highest BCUT2D eigenvalue weighted by Gasteiger charge is 2.07. The molecule has 0 radical (unpaired) electrons. The Kier molecular flexibility index (Phi) is 7.28. The average molecular weight is 438 g/mol. The zero-order chi connectivity index (χ0) is 22.9. The molecule has 6 nitrogen and oxygen atoms in total. The maximum atomic E-state index is 12.5. The molecule has 0 atom stereocenters. The van der Waals surface area contributed by atoms with Crippen LogP contribution >= 0.6 is 0 Å². The largest absolute Gasteiger partial charge is 0.340 e. The summed E-state index contributed by atoms with van der Waals surface area (Å²) < 4.78 is 0. The second-order valence-electron chi connectivity index (χ2n) is 7.73. The molecule has 0 unspecified atom stereocenters. The number of carbonyl (C=O) groups is 1. The predicted octanol–water partition coefficient (Wildman–Crippen LogP) is 6.87. The molecule has 2 heterocycles. The minimum atomic E-state index is -0.331. The van der Waals surface area contributed by atoms with Gasteiger partial charge in [-0.25, -0.2) is 14.8 Å². The van der Waals surface area contributed by atoms with Gasteiger partial charge in [0.15, 0.2) is 0 Å². The fourth-order valence-corrected chi connectivity index (χ4v) is 3.44. The van der Waals surface area contributed by atoms with E-state index >= 15 is 0 Å². The number of aromatic nitrogens is 2. The van der Waals surface area contributed by atoms with E-state index in [1.807, 2.05) is 66.7 Å². The fourth-order valence-electron chi connectivity index (χ4n) is 3.44. The number of benzene rings is 2. The van der Waals surface area contributed by atoms with Crippen molar-refractivity contribution in [3.63, 3.8) is 0 Å². The van der Waals surface area contributed by atoms with Crippen LogP contribution in [0.1, 0.15) is 25.3 Å². The van der Waals surface area contributed by atoms with Gasteiger partial charge in [-0.1, -0.05) is 43.7 Å². The molecule has 0 aliphatic carbocycles. The molecule has 0 saturated carbocycles. The lowest BCUT2D eigenvalue weighted by atomic mass is 10.1. The summed E-state index contributed by atoms with van der Waals surface area (Å²) in [7, 11) is 0.